The molecule has 1 heterocycles. The van der Waals surface area contributed by atoms with Crippen molar-refractivity contribution in [2.24, 2.45) is 0 Å². The van der Waals surface area contributed by atoms with E-state index in [2.05, 4.69) is 10.3 Å². The van der Waals surface area contributed by atoms with Crippen LogP contribution in [0.5, 0.6) is 17.2 Å². The fourth-order valence-electron chi connectivity index (χ4n) is 3.08. The lowest BCUT2D eigenvalue weighted by Gasteiger charge is -2.14. The Morgan fingerprint density at radius 3 is 2.47 bits per heavy atom. The lowest BCUT2D eigenvalue weighted by Crippen LogP contribution is -2.24. The van der Waals surface area contributed by atoms with Crippen molar-refractivity contribution in [2.75, 3.05) is 33.2 Å². The summed E-state index contributed by atoms with van der Waals surface area (Å²) in [6, 6.07) is 9.25. The SMILES string of the molecule is COc1ccc(CCNc2nccn(-c3cc(C)c(Cl)cc3OC)c2=O)cc1OC. The van der Waals surface area contributed by atoms with Crippen molar-refractivity contribution in [3.8, 4) is 22.9 Å². The number of nitrogens with zero attached hydrogens (tertiary/aromatic N) is 2. The molecule has 0 radical (unpaired) electrons. The Morgan fingerprint density at radius 2 is 1.77 bits per heavy atom. The molecule has 158 valence electrons. The Morgan fingerprint density at radius 1 is 1.03 bits per heavy atom. The molecule has 0 unspecified atom stereocenters. The third kappa shape index (κ3) is 4.52. The van der Waals surface area contributed by atoms with Gasteiger partial charge in [0.05, 0.1) is 27.0 Å². The second-order valence-corrected chi connectivity index (χ2v) is 7.00. The lowest BCUT2D eigenvalue weighted by atomic mass is 10.1. The van der Waals surface area contributed by atoms with Crippen LogP contribution >= 0.6 is 11.6 Å². The van der Waals surface area contributed by atoms with Gasteiger partial charge in [-0.05, 0) is 42.7 Å². The Hall–Kier alpha value is -3.19. The predicted octanol–water partition coefficient (Wildman–Crippen LogP) is 3.87. The zero-order valence-corrected chi connectivity index (χ0v) is 18.1. The van der Waals surface area contributed by atoms with Crippen LogP contribution in [0.4, 0.5) is 5.82 Å². The third-order valence-corrected chi connectivity index (χ3v) is 5.12. The van der Waals surface area contributed by atoms with Crippen LogP contribution in [0.3, 0.4) is 0 Å². The average Bonchev–Trinajstić information content (AvgIpc) is 2.76. The van der Waals surface area contributed by atoms with Gasteiger partial charge in [-0.25, -0.2) is 4.98 Å². The van der Waals surface area contributed by atoms with E-state index in [4.69, 9.17) is 25.8 Å². The van der Waals surface area contributed by atoms with Crippen LogP contribution in [-0.2, 0) is 6.42 Å². The molecular weight excluding hydrogens is 406 g/mol. The van der Waals surface area contributed by atoms with E-state index in [0.29, 0.717) is 40.9 Å². The number of nitrogens with one attached hydrogen (secondary N) is 1. The van der Waals surface area contributed by atoms with Gasteiger partial charge in [-0.3, -0.25) is 9.36 Å². The first-order valence-electron chi connectivity index (χ1n) is 9.35. The van der Waals surface area contributed by atoms with Crippen LogP contribution in [0.2, 0.25) is 5.02 Å². The Balaban J connectivity index is 1.80. The topological polar surface area (TPSA) is 74.6 Å². The molecule has 7 nitrogen and oxygen atoms in total. The van der Waals surface area contributed by atoms with E-state index >= 15 is 0 Å². The molecule has 0 aliphatic rings. The molecule has 0 bridgehead atoms. The van der Waals surface area contributed by atoms with E-state index in [1.165, 1.54) is 4.57 Å². The molecule has 0 spiro atoms. The summed E-state index contributed by atoms with van der Waals surface area (Å²) in [6.07, 6.45) is 3.86. The maximum absolute atomic E-state index is 13.0. The van der Waals surface area contributed by atoms with Crippen molar-refractivity contribution in [2.45, 2.75) is 13.3 Å². The van der Waals surface area contributed by atoms with Crippen LogP contribution in [0.25, 0.3) is 5.69 Å². The van der Waals surface area contributed by atoms with Crippen LogP contribution < -0.4 is 25.1 Å². The van der Waals surface area contributed by atoms with Crippen LogP contribution in [0.1, 0.15) is 11.1 Å². The summed E-state index contributed by atoms with van der Waals surface area (Å²) < 4.78 is 17.5. The van der Waals surface area contributed by atoms with Gasteiger partial charge in [0.15, 0.2) is 17.3 Å². The molecule has 30 heavy (non-hydrogen) atoms. The predicted molar refractivity (Wildman–Crippen MR) is 118 cm³/mol. The number of aryl methyl sites for hydroxylation is 1. The molecule has 1 aromatic heterocycles. The maximum atomic E-state index is 13.0. The average molecular weight is 430 g/mol. The number of rotatable bonds is 8. The monoisotopic (exact) mass is 429 g/mol. The molecule has 2 aromatic carbocycles. The van der Waals surface area contributed by atoms with Gasteiger partial charge in [-0.1, -0.05) is 17.7 Å². The molecule has 0 saturated carbocycles. The van der Waals surface area contributed by atoms with Crippen LogP contribution in [0.15, 0.2) is 47.5 Å². The maximum Gasteiger partial charge on any atom is 0.297 e. The van der Waals surface area contributed by atoms with Gasteiger partial charge in [0, 0.05) is 30.0 Å². The van der Waals surface area contributed by atoms with E-state index in [1.807, 2.05) is 31.2 Å². The van der Waals surface area contributed by atoms with Crippen LogP contribution in [0, 0.1) is 6.92 Å². The fraction of sp³-hybridized carbons (Fsp3) is 0.273. The second kappa shape index (κ2) is 9.54. The number of methoxy groups -OCH3 is 3. The van der Waals surface area contributed by atoms with Crippen LogP contribution in [-0.4, -0.2) is 37.4 Å². The summed E-state index contributed by atoms with van der Waals surface area (Å²) in [4.78, 5) is 17.2. The van der Waals surface area contributed by atoms with Crippen molar-refractivity contribution >= 4 is 17.4 Å². The van der Waals surface area contributed by atoms with Crippen molar-refractivity contribution in [1.29, 1.82) is 0 Å². The molecule has 8 heteroatoms. The van der Waals surface area contributed by atoms with E-state index in [0.717, 1.165) is 11.1 Å². The van der Waals surface area contributed by atoms with E-state index in [-0.39, 0.29) is 11.4 Å². The van der Waals surface area contributed by atoms with Gasteiger partial charge in [0.25, 0.3) is 5.56 Å². The largest absolute Gasteiger partial charge is 0.495 e. The fourth-order valence-corrected chi connectivity index (χ4v) is 3.24. The summed E-state index contributed by atoms with van der Waals surface area (Å²) in [5.74, 6) is 2.11. The molecule has 0 aliphatic heterocycles. The van der Waals surface area contributed by atoms with Crippen molar-refractivity contribution in [1.82, 2.24) is 9.55 Å². The van der Waals surface area contributed by atoms with Gasteiger partial charge in [-0.15, -0.1) is 0 Å². The highest BCUT2D eigenvalue weighted by Gasteiger charge is 2.13. The van der Waals surface area contributed by atoms with E-state index in [9.17, 15) is 4.79 Å². The molecule has 3 aromatic rings. The molecule has 0 amide bonds. The van der Waals surface area contributed by atoms with Gasteiger partial charge in [0.1, 0.15) is 5.75 Å². The molecule has 3 rings (SSSR count). The Bertz CT molecular complexity index is 1100. The summed E-state index contributed by atoms with van der Waals surface area (Å²) in [5.41, 5.74) is 2.23. The Kier molecular flexibility index (Phi) is 6.84. The number of hydrogen-bond acceptors (Lipinski definition) is 6. The highest BCUT2D eigenvalue weighted by atomic mass is 35.5. The van der Waals surface area contributed by atoms with E-state index in [1.54, 1.807) is 39.8 Å². The lowest BCUT2D eigenvalue weighted by molar-refractivity contribution is 0.354. The standard InChI is InChI=1S/C22H24ClN3O4/c1-14-11-17(19(29-3)13-16(14)23)26-10-9-25-21(22(26)27)24-8-7-15-5-6-18(28-2)20(12-15)30-4/h5-6,9-13H,7-8H2,1-4H3,(H,24,25). The smallest absolute Gasteiger partial charge is 0.297 e. The van der Waals surface area contributed by atoms with Gasteiger partial charge in [-0.2, -0.15) is 0 Å². The minimum atomic E-state index is -0.273. The summed E-state index contributed by atoms with van der Waals surface area (Å²) >= 11 is 6.18. The number of ether oxygens (including phenoxy) is 3. The first-order chi connectivity index (χ1) is 14.5. The molecular formula is C22H24ClN3O4. The van der Waals surface area contributed by atoms with Crippen molar-refractivity contribution < 1.29 is 14.2 Å². The first kappa shape index (κ1) is 21.5. The zero-order valence-electron chi connectivity index (χ0n) is 17.4. The minimum absolute atomic E-state index is 0.257. The molecule has 1 N–H and O–H groups in total. The summed E-state index contributed by atoms with van der Waals surface area (Å²) in [6.45, 7) is 2.40. The number of aromatic nitrogens is 2. The minimum Gasteiger partial charge on any atom is -0.495 e. The number of benzene rings is 2. The Labute approximate surface area is 180 Å². The molecule has 0 saturated heterocycles. The normalized spacial score (nSPS) is 10.6. The zero-order chi connectivity index (χ0) is 21.7. The number of anilines is 1. The quantitative estimate of drug-likeness (QED) is 0.585. The second-order valence-electron chi connectivity index (χ2n) is 6.59. The van der Waals surface area contributed by atoms with Crippen molar-refractivity contribution in [3.05, 3.63) is 69.2 Å². The first-order valence-corrected chi connectivity index (χ1v) is 9.73. The van der Waals surface area contributed by atoms with Crippen molar-refractivity contribution in [3.63, 3.8) is 0 Å². The highest BCUT2D eigenvalue weighted by Crippen LogP contribution is 2.29. The number of hydrogen-bond donors (Lipinski definition) is 1. The molecule has 0 fully saturated rings. The van der Waals surface area contributed by atoms with Gasteiger partial charge >= 0.3 is 0 Å². The molecule has 0 aliphatic carbocycles. The highest BCUT2D eigenvalue weighted by molar-refractivity contribution is 6.31. The number of halogens is 1. The summed E-state index contributed by atoms with van der Waals surface area (Å²) in [5, 5.41) is 3.69. The third-order valence-electron chi connectivity index (χ3n) is 4.71. The van der Waals surface area contributed by atoms with E-state index < -0.39 is 0 Å². The molecule has 0 atom stereocenters. The van der Waals surface area contributed by atoms with Gasteiger partial charge in [0.2, 0.25) is 0 Å². The van der Waals surface area contributed by atoms with Gasteiger partial charge < -0.3 is 19.5 Å². The summed E-state index contributed by atoms with van der Waals surface area (Å²) in [7, 11) is 4.74.